The highest BCUT2D eigenvalue weighted by Crippen LogP contribution is 2.66. The summed E-state index contributed by atoms with van der Waals surface area (Å²) < 4.78 is 64.8. The highest BCUT2D eigenvalue weighted by Gasteiger charge is 2.46. The highest BCUT2D eigenvalue weighted by molar-refractivity contribution is 7.71. The van der Waals surface area contributed by atoms with E-state index in [1.165, 1.54) is 0 Å². The van der Waals surface area contributed by atoms with Crippen LogP contribution in [-0.2, 0) is 31.6 Å². The number of aliphatic hydroxyl groups is 2. The van der Waals surface area contributed by atoms with Crippen LogP contribution >= 0.6 is 35.7 Å². The third-order valence-electron chi connectivity index (χ3n) is 4.18. The van der Waals surface area contributed by atoms with Crippen molar-refractivity contribution in [3.63, 3.8) is 0 Å². The summed E-state index contributed by atoms with van der Waals surface area (Å²) in [5, 5.41) is 20.2. The molecule has 3 rings (SSSR count). The quantitative estimate of drug-likeness (QED) is 0.157. The SMILES string of the molecule is O=c1c(F)c[nH]c2nc(=S)n([C@@H]3O[C@H](COP(=O)(O)OP(=O)(O)OP(=O)(O)O)C(O)[C@@H]3O)cc12. The number of hydrogen-bond donors (Lipinski definition) is 7. The molecule has 0 aromatic carbocycles. The molecule has 190 valence electrons. The number of pyridine rings is 1. The van der Waals surface area contributed by atoms with Crippen molar-refractivity contribution in [2.75, 3.05) is 6.61 Å². The number of phosphoric ester groups is 1. The van der Waals surface area contributed by atoms with Crippen molar-refractivity contribution < 1.29 is 65.8 Å². The Balaban J connectivity index is 1.77. The third-order valence-corrected chi connectivity index (χ3v) is 8.28. The van der Waals surface area contributed by atoms with Crippen LogP contribution < -0.4 is 5.43 Å². The molecule has 0 saturated carbocycles. The highest BCUT2D eigenvalue weighted by atomic mass is 32.1. The van der Waals surface area contributed by atoms with Crippen molar-refractivity contribution in [2.45, 2.75) is 24.5 Å². The first-order chi connectivity index (χ1) is 15.5. The summed E-state index contributed by atoms with van der Waals surface area (Å²) in [6.45, 7) is -1.07. The fourth-order valence-electron chi connectivity index (χ4n) is 2.82. The predicted octanol–water partition coefficient (Wildman–Crippen LogP) is -0.444. The van der Waals surface area contributed by atoms with Crippen molar-refractivity contribution in [3.05, 3.63) is 33.2 Å². The zero-order valence-corrected chi connectivity index (χ0v) is 19.6. The van der Waals surface area contributed by atoms with Gasteiger partial charge in [0.1, 0.15) is 24.0 Å². The van der Waals surface area contributed by atoms with E-state index in [0.29, 0.717) is 0 Å². The average Bonchev–Trinajstić information content (AvgIpc) is 2.95. The summed E-state index contributed by atoms with van der Waals surface area (Å²) in [7, 11) is -16.9. The van der Waals surface area contributed by atoms with Gasteiger partial charge in [-0.05, 0) is 12.2 Å². The molecular weight excluding hydrogens is 554 g/mol. The van der Waals surface area contributed by atoms with Gasteiger partial charge in [-0.1, -0.05) is 0 Å². The van der Waals surface area contributed by atoms with Gasteiger partial charge in [-0.25, -0.2) is 23.1 Å². The number of aromatic amines is 1. The Hall–Kier alpha value is -1.27. The number of nitrogens with one attached hydrogen (secondary N) is 1. The van der Waals surface area contributed by atoms with Gasteiger partial charge in [-0.15, -0.1) is 0 Å². The number of phosphoric acid groups is 3. The fraction of sp³-hybridized carbons (Fsp3) is 0.417. The molecule has 0 aliphatic carbocycles. The lowest BCUT2D eigenvalue weighted by atomic mass is 10.1. The molecular formula is C12H15FN3O14P3S. The van der Waals surface area contributed by atoms with E-state index in [1.807, 2.05) is 0 Å². The van der Waals surface area contributed by atoms with E-state index in [0.717, 1.165) is 17.0 Å². The maximum Gasteiger partial charge on any atom is 0.490 e. The van der Waals surface area contributed by atoms with Gasteiger partial charge in [-0.2, -0.15) is 8.62 Å². The molecule has 0 radical (unpaired) electrons. The maximum atomic E-state index is 13.6. The summed E-state index contributed by atoms with van der Waals surface area (Å²) in [5.74, 6) is -1.14. The summed E-state index contributed by atoms with van der Waals surface area (Å²) >= 11 is 5.04. The second-order valence-electron chi connectivity index (χ2n) is 6.59. The molecule has 17 nitrogen and oxygen atoms in total. The lowest BCUT2D eigenvalue weighted by Gasteiger charge is -2.19. The number of hydrogen-bond acceptors (Lipinski definition) is 12. The molecule has 34 heavy (non-hydrogen) atoms. The normalized spacial score (nSPS) is 26.9. The van der Waals surface area contributed by atoms with Crippen molar-refractivity contribution in [3.8, 4) is 0 Å². The lowest BCUT2D eigenvalue weighted by Crippen LogP contribution is -2.33. The van der Waals surface area contributed by atoms with Crippen LogP contribution in [0.3, 0.4) is 0 Å². The van der Waals surface area contributed by atoms with E-state index in [4.69, 9.17) is 31.6 Å². The molecule has 0 bridgehead atoms. The smallest absolute Gasteiger partial charge is 0.387 e. The molecule has 1 fully saturated rings. The minimum absolute atomic E-state index is 0.0788. The van der Waals surface area contributed by atoms with Gasteiger partial charge in [0.25, 0.3) is 0 Å². The minimum atomic E-state index is -5.77. The summed E-state index contributed by atoms with van der Waals surface area (Å²) in [4.78, 5) is 53.9. The Morgan fingerprint density at radius 3 is 2.41 bits per heavy atom. The van der Waals surface area contributed by atoms with Crippen molar-refractivity contribution in [1.29, 1.82) is 0 Å². The molecule has 3 heterocycles. The molecule has 1 aliphatic heterocycles. The van der Waals surface area contributed by atoms with Crippen LogP contribution in [0.5, 0.6) is 0 Å². The Morgan fingerprint density at radius 1 is 1.15 bits per heavy atom. The first kappa shape index (κ1) is 27.3. The van der Waals surface area contributed by atoms with Crippen LogP contribution in [0.2, 0.25) is 0 Å². The van der Waals surface area contributed by atoms with Gasteiger partial charge in [-0.3, -0.25) is 13.9 Å². The Bertz CT molecular complexity index is 1360. The van der Waals surface area contributed by atoms with Gasteiger partial charge in [0, 0.05) is 12.4 Å². The van der Waals surface area contributed by atoms with E-state index >= 15 is 0 Å². The number of ether oxygens (including phenoxy) is 1. The minimum Gasteiger partial charge on any atom is -0.387 e. The average molecular weight is 569 g/mol. The van der Waals surface area contributed by atoms with Crippen LogP contribution in [0.1, 0.15) is 6.23 Å². The lowest BCUT2D eigenvalue weighted by molar-refractivity contribution is -0.0530. The second-order valence-corrected chi connectivity index (χ2v) is 11.4. The fourth-order valence-corrected chi connectivity index (χ4v) is 6.10. The third kappa shape index (κ3) is 6.29. The van der Waals surface area contributed by atoms with E-state index in [2.05, 4.69) is 23.1 Å². The van der Waals surface area contributed by atoms with Gasteiger partial charge >= 0.3 is 23.5 Å². The molecule has 0 spiro atoms. The molecule has 22 heteroatoms. The second kappa shape index (κ2) is 9.65. The van der Waals surface area contributed by atoms with E-state index in [9.17, 15) is 38.0 Å². The van der Waals surface area contributed by atoms with Gasteiger partial charge in [0.2, 0.25) is 10.2 Å². The van der Waals surface area contributed by atoms with Crippen LogP contribution in [0.15, 0.2) is 17.2 Å². The standard InChI is InChI=1S/C12H15FN3O14P3S/c13-5-1-14-10-4(7(5)17)2-16(12(34)15-10)11-9(19)8(18)6(28-11)3-27-32(23,24)30-33(25,26)29-31(20,21)22/h1-2,6,8-9,11,18-19H,3H2,(H,23,24)(H,25,26)(H,14,15,34)(H2,20,21,22)/t6-,8?,9+,11-/m1/s1. The van der Waals surface area contributed by atoms with Crippen LogP contribution in [-0.4, -0.2) is 69.2 Å². The van der Waals surface area contributed by atoms with Gasteiger partial charge in [0.05, 0.1) is 12.0 Å². The Labute approximate surface area is 191 Å². The molecule has 1 aliphatic rings. The molecule has 2 aromatic rings. The summed E-state index contributed by atoms with van der Waals surface area (Å²) in [5.41, 5.74) is -1.13. The number of aromatic nitrogens is 3. The van der Waals surface area contributed by atoms with Crippen LogP contribution in [0, 0.1) is 10.6 Å². The first-order valence-electron chi connectivity index (χ1n) is 8.60. The zero-order chi connectivity index (χ0) is 25.6. The van der Waals surface area contributed by atoms with Crippen molar-refractivity contribution in [2.24, 2.45) is 0 Å². The molecule has 2 aromatic heterocycles. The monoisotopic (exact) mass is 569 g/mol. The number of halogens is 1. The van der Waals surface area contributed by atoms with E-state index < -0.39 is 65.9 Å². The number of aliphatic hydroxyl groups excluding tert-OH is 2. The van der Waals surface area contributed by atoms with E-state index in [-0.39, 0.29) is 15.8 Å². The Kier molecular flexibility index (Phi) is 7.75. The molecule has 3 unspecified atom stereocenters. The van der Waals surface area contributed by atoms with Crippen molar-refractivity contribution in [1.82, 2.24) is 14.5 Å². The number of fused-ring (bicyclic) bond motifs is 1. The molecule has 0 amide bonds. The van der Waals surface area contributed by atoms with Crippen LogP contribution in [0.4, 0.5) is 4.39 Å². The summed E-state index contributed by atoms with van der Waals surface area (Å²) in [6.07, 6.45) is -4.99. The molecule has 1 saturated heterocycles. The largest absolute Gasteiger partial charge is 0.490 e. The molecule has 7 N–H and O–H groups in total. The topological polar surface area (TPSA) is 260 Å². The van der Waals surface area contributed by atoms with Gasteiger partial charge in [0.15, 0.2) is 12.0 Å². The predicted molar refractivity (Wildman–Crippen MR) is 107 cm³/mol. The zero-order valence-electron chi connectivity index (χ0n) is 16.1. The summed E-state index contributed by atoms with van der Waals surface area (Å²) in [6, 6.07) is 0. The number of nitrogens with zero attached hydrogens (tertiary/aromatic N) is 2. The number of H-pyrrole nitrogens is 1. The number of rotatable bonds is 8. The van der Waals surface area contributed by atoms with Gasteiger partial charge < -0.3 is 39.5 Å². The maximum absolute atomic E-state index is 13.6. The first-order valence-corrected chi connectivity index (χ1v) is 13.5. The van der Waals surface area contributed by atoms with Crippen LogP contribution in [0.25, 0.3) is 11.0 Å². The van der Waals surface area contributed by atoms with Crippen molar-refractivity contribution >= 4 is 46.7 Å². The van der Waals surface area contributed by atoms with E-state index in [1.54, 1.807) is 0 Å². The Morgan fingerprint density at radius 2 is 1.79 bits per heavy atom. The molecule has 6 atom stereocenters.